The fourth-order valence-electron chi connectivity index (χ4n) is 4.40. The van der Waals surface area contributed by atoms with Crippen molar-refractivity contribution >= 4 is 11.8 Å². The maximum absolute atomic E-state index is 13.0. The first-order valence-corrected chi connectivity index (χ1v) is 10.9. The van der Waals surface area contributed by atoms with E-state index < -0.39 is 12.1 Å². The Morgan fingerprint density at radius 2 is 1.68 bits per heavy atom. The number of phenols is 1. The van der Waals surface area contributed by atoms with Gasteiger partial charge in [-0.05, 0) is 40.7 Å². The summed E-state index contributed by atoms with van der Waals surface area (Å²) in [5.41, 5.74) is 3.53. The van der Waals surface area contributed by atoms with E-state index in [1.807, 2.05) is 0 Å². The Labute approximate surface area is 183 Å². The van der Waals surface area contributed by atoms with Crippen molar-refractivity contribution in [1.29, 1.82) is 0 Å². The molecule has 2 aromatic carbocycles. The highest BCUT2D eigenvalue weighted by atomic mass is 16.3. The standard InChI is InChI=1S/C25H31N3O3/c1-25(2,3)18-8-4-17(5-9-18)14-26-19-13-22-23(30)27-21(24(31)28(22)15-19)12-16-6-10-20(29)11-7-16/h4-11,19,21-22,26,29H,12-15H2,1-3H3,(H,27,30)/t19-,21+,22-/m0/s1. The average molecular weight is 422 g/mol. The van der Waals surface area contributed by atoms with E-state index in [0.717, 1.165) is 5.56 Å². The summed E-state index contributed by atoms with van der Waals surface area (Å²) in [5.74, 6) is 0.0723. The summed E-state index contributed by atoms with van der Waals surface area (Å²) in [7, 11) is 0. The Bertz CT molecular complexity index is 947. The zero-order chi connectivity index (χ0) is 22.2. The summed E-state index contributed by atoms with van der Waals surface area (Å²) in [4.78, 5) is 27.4. The number of nitrogens with one attached hydrogen (secondary N) is 2. The smallest absolute Gasteiger partial charge is 0.246 e. The lowest BCUT2D eigenvalue weighted by atomic mass is 9.87. The van der Waals surface area contributed by atoms with Crippen molar-refractivity contribution in [2.24, 2.45) is 0 Å². The molecule has 2 fully saturated rings. The minimum Gasteiger partial charge on any atom is -0.508 e. The number of carbonyl (C=O) groups excluding carboxylic acids is 2. The van der Waals surface area contributed by atoms with Crippen molar-refractivity contribution in [3.05, 3.63) is 65.2 Å². The second-order valence-electron chi connectivity index (χ2n) is 9.70. The molecule has 4 rings (SSSR count). The van der Waals surface area contributed by atoms with Crippen LogP contribution in [0.4, 0.5) is 0 Å². The van der Waals surface area contributed by atoms with Crippen molar-refractivity contribution in [3.63, 3.8) is 0 Å². The molecule has 164 valence electrons. The summed E-state index contributed by atoms with van der Waals surface area (Å²) in [6, 6.07) is 14.5. The molecule has 3 atom stereocenters. The van der Waals surface area contributed by atoms with Gasteiger partial charge in [-0.3, -0.25) is 9.59 Å². The molecule has 31 heavy (non-hydrogen) atoms. The van der Waals surface area contributed by atoms with Gasteiger partial charge in [-0.2, -0.15) is 0 Å². The van der Waals surface area contributed by atoms with E-state index in [1.54, 1.807) is 29.2 Å². The third-order valence-electron chi connectivity index (χ3n) is 6.29. The molecule has 0 bridgehead atoms. The van der Waals surface area contributed by atoms with Gasteiger partial charge in [0.1, 0.15) is 17.8 Å². The topological polar surface area (TPSA) is 81.7 Å². The summed E-state index contributed by atoms with van der Waals surface area (Å²) in [6.45, 7) is 7.86. The lowest BCUT2D eigenvalue weighted by molar-refractivity contribution is -0.147. The van der Waals surface area contributed by atoms with Crippen LogP contribution in [0.15, 0.2) is 48.5 Å². The van der Waals surface area contributed by atoms with Gasteiger partial charge in [-0.15, -0.1) is 0 Å². The number of benzene rings is 2. The van der Waals surface area contributed by atoms with Crippen LogP contribution in [0.3, 0.4) is 0 Å². The van der Waals surface area contributed by atoms with Crippen molar-refractivity contribution in [1.82, 2.24) is 15.5 Å². The van der Waals surface area contributed by atoms with E-state index in [1.165, 1.54) is 11.1 Å². The Morgan fingerprint density at radius 3 is 2.32 bits per heavy atom. The first-order valence-electron chi connectivity index (χ1n) is 10.9. The second kappa shape index (κ2) is 8.35. The van der Waals surface area contributed by atoms with E-state index in [9.17, 15) is 14.7 Å². The minimum atomic E-state index is -0.558. The van der Waals surface area contributed by atoms with Crippen LogP contribution in [-0.2, 0) is 28.0 Å². The fourth-order valence-corrected chi connectivity index (χ4v) is 4.40. The zero-order valence-corrected chi connectivity index (χ0v) is 18.4. The second-order valence-corrected chi connectivity index (χ2v) is 9.70. The maximum Gasteiger partial charge on any atom is 0.246 e. The van der Waals surface area contributed by atoms with Crippen LogP contribution in [0.1, 0.15) is 43.9 Å². The van der Waals surface area contributed by atoms with Crippen LogP contribution in [0, 0.1) is 0 Å². The number of amides is 2. The van der Waals surface area contributed by atoms with Crippen LogP contribution in [0.25, 0.3) is 0 Å². The van der Waals surface area contributed by atoms with E-state index in [4.69, 9.17) is 0 Å². The van der Waals surface area contributed by atoms with E-state index in [2.05, 4.69) is 55.7 Å². The molecular weight excluding hydrogens is 390 g/mol. The molecule has 2 saturated heterocycles. The summed E-state index contributed by atoms with van der Waals surface area (Å²) < 4.78 is 0. The van der Waals surface area contributed by atoms with Crippen molar-refractivity contribution in [2.45, 2.75) is 63.7 Å². The monoisotopic (exact) mass is 421 g/mol. The largest absolute Gasteiger partial charge is 0.508 e. The molecule has 0 aliphatic carbocycles. The lowest BCUT2D eigenvalue weighted by Crippen LogP contribution is -2.61. The number of phenolic OH excluding ortho intramolecular Hbond substituents is 1. The Hall–Kier alpha value is -2.86. The van der Waals surface area contributed by atoms with Crippen LogP contribution in [0.5, 0.6) is 5.75 Å². The number of nitrogens with zero attached hydrogens (tertiary/aromatic N) is 1. The minimum absolute atomic E-state index is 0.0310. The number of rotatable bonds is 5. The first kappa shape index (κ1) is 21.4. The fraction of sp³-hybridized carbons (Fsp3) is 0.440. The van der Waals surface area contributed by atoms with E-state index in [-0.39, 0.29) is 29.0 Å². The number of aromatic hydroxyl groups is 1. The van der Waals surface area contributed by atoms with Crippen LogP contribution < -0.4 is 10.6 Å². The molecule has 0 spiro atoms. The van der Waals surface area contributed by atoms with Gasteiger partial charge >= 0.3 is 0 Å². The normalized spacial score (nSPS) is 23.6. The highest BCUT2D eigenvalue weighted by Gasteiger charge is 2.46. The summed E-state index contributed by atoms with van der Waals surface area (Å²) in [6.07, 6.45) is 1.05. The number of piperazine rings is 1. The molecule has 0 aromatic heterocycles. The van der Waals surface area contributed by atoms with Gasteiger partial charge in [-0.1, -0.05) is 57.2 Å². The highest BCUT2D eigenvalue weighted by molar-refractivity contribution is 5.97. The number of hydrogen-bond donors (Lipinski definition) is 3. The zero-order valence-electron chi connectivity index (χ0n) is 18.4. The molecule has 2 amide bonds. The van der Waals surface area contributed by atoms with Crippen LogP contribution >= 0.6 is 0 Å². The number of hydrogen-bond acceptors (Lipinski definition) is 4. The van der Waals surface area contributed by atoms with E-state index in [0.29, 0.717) is 25.9 Å². The van der Waals surface area contributed by atoms with Crippen molar-refractivity contribution < 1.29 is 14.7 Å². The highest BCUT2D eigenvalue weighted by Crippen LogP contribution is 2.25. The van der Waals surface area contributed by atoms with Crippen molar-refractivity contribution in [2.75, 3.05) is 6.54 Å². The third-order valence-corrected chi connectivity index (χ3v) is 6.29. The van der Waals surface area contributed by atoms with E-state index >= 15 is 0 Å². The summed E-state index contributed by atoms with van der Waals surface area (Å²) >= 11 is 0. The third kappa shape index (κ3) is 4.74. The SMILES string of the molecule is CC(C)(C)c1ccc(CN[C@H]2C[C@H]3C(=O)N[C@H](Cc4ccc(O)cc4)C(=O)N3C2)cc1. The van der Waals surface area contributed by atoms with Gasteiger partial charge in [-0.25, -0.2) is 0 Å². The summed E-state index contributed by atoms with van der Waals surface area (Å²) in [5, 5.41) is 15.9. The van der Waals surface area contributed by atoms with Gasteiger partial charge in [0.25, 0.3) is 0 Å². The average Bonchev–Trinajstić information content (AvgIpc) is 3.17. The van der Waals surface area contributed by atoms with Crippen LogP contribution in [-0.4, -0.2) is 46.5 Å². The van der Waals surface area contributed by atoms with Crippen LogP contribution in [0.2, 0.25) is 0 Å². The molecule has 6 heteroatoms. The Kier molecular flexibility index (Phi) is 5.75. The van der Waals surface area contributed by atoms with Gasteiger partial charge in [0, 0.05) is 25.6 Å². The molecule has 0 saturated carbocycles. The molecule has 2 aromatic rings. The van der Waals surface area contributed by atoms with Gasteiger partial charge in [0.2, 0.25) is 11.8 Å². The predicted octanol–water partition coefficient (Wildman–Crippen LogP) is 2.49. The molecule has 2 aliphatic heterocycles. The van der Waals surface area contributed by atoms with Gasteiger partial charge in [0.15, 0.2) is 0 Å². The number of fused-ring (bicyclic) bond motifs is 1. The quantitative estimate of drug-likeness (QED) is 0.693. The van der Waals surface area contributed by atoms with Gasteiger partial charge in [0.05, 0.1) is 0 Å². The van der Waals surface area contributed by atoms with Gasteiger partial charge < -0.3 is 20.6 Å². The Morgan fingerprint density at radius 1 is 1.03 bits per heavy atom. The molecule has 3 N–H and O–H groups in total. The molecule has 2 aliphatic rings. The van der Waals surface area contributed by atoms with Crippen molar-refractivity contribution in [3.8, 4) is 5.75 Å². The molecule has 0 radical (unpaired) electrons. The number of carbonyl (C=O) groups is 2. The Balaban J connectivity index is 1.35. The molecule has 0 unspecified atom stereocenters. The maximum atomic E-state index is 13.0. The molecule has 6 nitrogen and oxygen atoms in total. The molecule has 2 heterocycles. The lowest BCUT2D eigenvalue weighted by Gasteiger charge is -2.34. The molecular formula is C25H31N3O3. The predicted molar refractivity (Wildman–Crippen MR) is 120 cm³/mol. The first-order chi connectivity index (χ1) is 14.7.